The van der Waals surface area contributed by atoms with Gasteiger partial charge in [0, 0.05) is 20.2 Å². The lowest BCUT2D eigenvalue weighted by Gasteiger charge is -2.26. The van der Waals surface area contributed by atoms with E-state index < -0.39 is 10.0 Å². The van der Waals surface area contributed by atoms with Crippen molar-refractivity contribution >= 4 is 33.0 Å². The molecule has 8 heteroatoms. The van der Waals surface area contributed by atoms with Gasteiger partial charge in [-0.3, -0.25) is 0 Å². The van der Waals surface area contributed by atoms with Crippen molar-refractivity contribution in [3.05, 3.63) is 10.7 Å². The van der Waals surface area contributed by atoms with E-state index in [1.54, 1.807) is 7.05 Å². The summed E-state index contributed by atoms with van der Waals surface area (Å²) in [6.45, 7) is 1.09. The number of likely N-dealkylation sites (N-methyl/N-ethyl adjacent to an activating group) is 1. The first-order valence-corrected chi connectivity index (χ1v) is 8.33. The Morgan fingerprint density at radius 3 is 2.94 bits per heavy atom. The fraction of sp³-hybridized carbons (Fsp3) is 0.700. The van der Waals surface area contributed by atoms with Crippen LogP contribution >= 0.6 is 22.9 Å². The van der Waals surface area contributed by atoms with Crippen molar-refractivity contribution in [2.45, 2.75) is 29.6 Å². The second kappa shape index (κ2) is 5.83. The van der Waals surface area contributed by atoms with Gasteiger partial charge in [0.2, 0.25) is 0 Å². The van der Waals surface area contributed by atoms with Gasteiger partial charge in [0.15, 0.2) is 8.68 Å². The quantitative estimate of drug-likeness (QED) is 0.853. The smallest absolute Gasteiger partial charge is 0.254 e. The van der Waals surface area contributed by atoms with E-state index in [0.29, 0.717) is 13.2 Å². The number of ether oxygens (including phenoxy) is 1. The predicted octanol–water partition coefficient (Wildman–Crippen LogP) is 1.99. The molecule has 1 unspecified atom stereocenters. The van der Waals surface area contributed by atoms with Gasteiger partial charge in [-0.05, 0) is 19.3 Å². The van der Waals surface area contributed by atoms with Crippen molar-refractivity contribution in [3.8, 4) is 0 Å². The number of hydrogen-bond acceptors (Lipinski definition) is 5. The summed E-state index contributed by atoms with van der Waals surface area (Å²) in [4.78, 5) is 3.76. The van der Waals surface area contributed by atoms with Crippen LogP contribution in [0.2, 0.25) is 4.47 Å². The molecule has 1 saturated heterocycles. The number of hydrogen-bond donors (Lipinski definition) is 0. The maximum atomic E-state index is 12.2. The van der Waals surface area contributed by atoms with Crippen molar-refractivity contribution < 1.29 is 13.2 Å². The van der Waals surface area contributed by atoms with E-state index in [1.807, 2.05) is 0 Å². The normalized spacial score (nSPS) is 21.4. The van der Waals surface area contributed by atoms with E-state index in [-0.39, 0.29) is 14.8 Å². The van der Waals surface area contributed by atoms with Gasteiger partial charge in [-0.1, -0.05) is 22.9 Å². The Bertz CT molecular complexity index is 497. The Morgan fingerprint density at radius 2 is 2.39 bits per heavy atom. The molecule has 0 N–H and O–H groups in total. The lowest BCUT2D eigenvalue weighted by atomic mass is 10.1. The van der Waals surface area contributed by atoms with Crippen LogP contribution in [0.25, 0.3) is 0 Å². The van der Waals surface area contributed by atoms with Gasteiger partial charge in [0.05, 0.1) is 12.3 Å². The van der Waals surface area contributed by atoms with Crippen molar-refractivity contribution in [1.29, 1.82) is 0 Å². The van der Waals surface area contributed by atoms with Gasteiger partial charge >= 0.3 is 0 Å². The third-order valence-electron chi connectivity index (χ3n) is 2.86. The Morgan fingerprint density at radius 1 is 1.61 bits per heavy atom. The van der Waals surface area contributed by atoms with E-state index in [9.17, 15) is 8.42 Å². The summed E-state index contributed by atoms with van der Waals surface area (Å²) >= 11 is 6.63. The molecule has 1 aliphatic rings. The summed E-state index contributed by atoms with van der Waals surface area (Å²) in [6.07, 6.45) is 4.33. The third kappa shape index (κ3) is 3.21. The highest BCUT2D eigenvalue weighted by Crippen LogP contribution is 2.25. The topological polar surface area (TPSA) is 59.5 Å². The van der Waals surface area contributed by atoms with Gasteiger partial charge in [-0.15, -0.1) is 0 Å². The standard InChI is InChI=1S/C10H15ClN2O3S2/c1-13(7-8-4-2-3-5-16-8)18(14,15)9-6-12-10(11)17-9/h6,8H,2-5,7H2,1H3. The van der Waals surface area contributed by atoms with Crippen molar-refractivity contribution in [1.82, 2.24) is 9.29 Å². The molecule has 1 aromatic rings. The van der Waals surface area contributed by atoms with Crippen LogP contribution in [-0.4, -0.2) is 44.0 Å². The number of nitrogens with zero attached hydrogens (tertiary/aromatic N) is 2. The van der Waals surface area contributed by atoms with Crippen LogP contribution in [0.15, 0.2) is 10.4 Å². The van der Waals surface area contributed by atoms with Crippen LogP contribution in [-0.2, 0) is 14.8 Å². The molecule has 1 aliphatic heterocycles. The van der Waals surface area contributed by atoms with E-state index in [0.717, 1.165) is 30.6 Å². The molecule has 1 aromatic heterocycles. The average molecular weight is 311 g/mol. The van der Waals surface area contributed by atoms with E-state index in [1.165, 1.54) is 10.5 Å². The zero-order valence-corrected chi connectivity index (χ0v) is 12.4. The molecule has 5 nitrogen and oxygen atoms in total. The molecule has 0 amide bonds. The highest BCUT2D eigenvalue weighted by atomic mass is 35.5. The molecule has 0 spiro atoms. The molecular weight excluding hydrogens is 296 g/mol. The van der Waals surface area contributed by atoms with Crippen LogP contribution in [0.1, 0.15) is 19.3 Å². The minimum atomic E-state index is -3.49. The molecule has 0 bridgehead atoms. The van der Waals surface area contributed by atoms with E-state index >= 15 is 0 Å². The largest absolute Gasteiger partial charge is 0.377 e. The molecule has 1 fully saturated rings. The first-order chi connectivity index (χ1) is 8.50. The SMILES string of the molecule is CN(CC1CCCCO1)S(=O)(=O)c1cnc(Cl)s1. The van der Waals surface area contributed by atoms with Gasteiger partial charge in [-0.25, -0.2) is 13.4 Å². The molecule has 0 aromatic carbocycles. The summed E-state index contributed by atoms with van der Waals surface area (Å²) < 4.78 is 31.7. The van der Waals surface area contributed by atoms with Crippen LogP contribution in [0.3, 0.4) is 0 Å². The first kappa shape index (κ1) is 14.2. The zero-order valence-electron chi connectivity index (χ0n) is 10.0. The summed E-state index contributed by atoms with van der Waals surface area (Å²) in [6, 6.07) is 0. The van der Waals surface area contributed by atoms with Gasteiger partial charge in [0.25, 0.3) is 10.0 Å². The maximum Gasteiger partial charge on any atom is 0.254 e. The summed E-state index contributed by atoms with van der Waals surface area (Å²) in [5.41, 5.74) is 0. The Labute approximate surface area is 116 Å². The van der Waals surface area contributed by atoms with Crippen LogP contribution in [0, 0.1) is 0 Å². The number of rotatable bonds is 4. The molecule has 0 radical (unpaired) electrons. The Balaban J connectivity index is 2.05. The van der Waals surface area contributed by atoms with E-state index in [4.69, 9.17) is 16.3 Å². The average Bonchev–Trinajstić information content (AvgIpc) is 2.78. The molecule has 0 saturated carbocycles. The zero-order chi connectivity index (χ0) is 13.2. The van der Waals surface area contributed by atoms with Crippen molar-refractivity contribution in [3.63, 3.8) is 0 Å². The third-order valence-corrected chi connectivity index (χ3v) is 6.23. The fourth-order valence-electron chi connectivity index (χ4n) is 1.85. The Hall–Kier alpha value is -0.210. The second-order valence-corrected chi connectivity index (χ2v) is 8.09. The molecule has 2 rings (SSSR count). The van der Waals surface area contributed by atoms with E-state index in [2.05, 4.69) is 4.98 Å². The molecular formula is C10H15ClN2O3S2. The minimum Gasteiger partial charge on any atom is -0.377 e. The molecule has 1 atom stereocenters. The summed E-state index contributed by atoms with van der Waals surface area (Å²) in [5, 5.41) is 0. The summed E-state index contributed by atoms with van der Waals surface area (Å²) in [5.74, 6) is 0. The fourth-order valence-corrected chi connectivity index (χ4v) is 4.56. The lowest BCUT2D eigenvalue weighted by Crippen LogP contribution is -2.36. The summed E-state index contributed by atoms with van der Waals surface area (Å²) in [7, 11) is -1.94. The van der Waals surface area contributed by atoms with Crippen molar-refractivity contribution in [2.24, 2.45) is 0 Å². The van der Waals surface area contributed by atoms with Gasteiger partial charge < -0.3 is 4.74 Å². The van der Waals surface area contributed by atoms with Crippen LogP contribution < -0.4 is 0 Å². The maximum absolute atomic E-state index is 12.2. The number of aromatic nitrogens is 1. The molecule has 18 heavy (non-hydrogen) atoms. The molecule has 2 heterocycles. The number of halogens is 1. The Kier molecular flexibility index (Phi) is 4.60. The monoisotopic (exact) mass is 310 g/mol. The van der Waals surface area contributed by atoms with Crippen molar-refractivity contribution in [2.75, 3.05) is 20.2 Å². The highest BCUT2D eigenvalue weighted by Gasteiger charge is 2.27. The number of thiazole rings is 1. The lowest BCUT2D eigenvalue weighted by molar-refractivity contribution is 0.00860. The minimum absolute atomic E-state index is 0.0121. The van der Waals surface area contributed by atoms with Crippen LogP contribution in [0.5, 0.6) is 0 Å². The molecule has 0 aliphatic carbocycles. The molecule has 102 valence electrons. The second-order valence-electron chi connectivity index (χ2n) is 4.21. The highest BCUT2D eigenvalue weighted by molar-refractivity contribution is 7.91. The predicted molar refractivity (Wildman–Crippen MR) is 70.5 cm³/mol. The van der Waals surface area contributed by atoms with Gasteiger partial charge in [-0.2, -0.15) is 4.31 Å². The first-order valence-electron chi connectivity index (χ1n) is 5.69. The van der Waals surface area contributed by atoms with Crippen LogP contribution in [0.4, 0.5) is 0 Å². The van der Waals surface area contributed by atoms with Gasteiger partial charge in [0.1, 0.15) is 0 Å². The number of sulfonamides is 1.